The minimum absolute atomic E-state index is 0.0900. The third-order valence-electron chi connectivity index (χ3n) is 6.89. The van der Waals surface area contributed by atoms with Crippen molar-refractivity contribution >= 4 is 16.9 Å². The number of ether oxygens (including phenoxy) is 1. The maximum atomic E-state index is 14.7. The van der Waals surface area contributed by atoms with Gasteiger partial charge >= 0.3 is 5.97 Å². The SMILES string of the molecule is COc1ccc2ncc(F)c([C@@H](O)CC[C@H]3CCN(CC#Cc4cc(F)cc(F)c4F)C[C@H]3C(=O)O)c2c1. The molecular weight excluding hydrogens is 504 g/mol. The summed E-state index contributed by atoms with van der Waals surface area (Å²) in [4.78, 5) is 17.8. The molecule has 3 aromatic rings. The van der Waals surface area contributed by atoms with E-state index in [1.165, 1.54) is 7.11 Å². The topological polar surface area (TPSA) is 82.9 Å². The van der Waals surface area contributed by atoms with Gasteiger partial charge in [-0.2, -0.15) is 0 Å². The Labute approximate surface area is 216 Å². The first-order chi connectivity index (χ1) is 18.2. The Kier molecular flexibility index (Phi) is 8.49. The van der Waals surface area contributed by atoms with E-state index in [2.05, 4.69) is 16.8 Å². The maximum Gasteiger partial charge on any atom is 0.308 e. The van der Waals surface area contributed by atoms with Gasteiger partial charge in [-0.3, -0.25) is 14.7 Å². The number of hydrogen-bond acceptors (Lipinski definition) is 5. The molecule has 2 aromatic carbocycles. The molecule has 1 fully saturated rings. The smallest absolute Gasteiger partial charge is 0.308 e. The van der Waals surface area contributed by atoms with Crippen molar-refractivity contribution in [1.29, 1.82) is 0 Å². The van der Waals surface area contributed by atoms with E-state index in [-0.39, 0.29) is 31.0 Å². The number of rotatable bonds is 7. The van der Waals surface area contributed by atoms with Gasteiger partial charge in [0.1, 0.15) is 17.4 Å². The number of pyridine rings is 1. The van der Waals surface area contributed by atoms with Crippen molar-refractivity contribution in [3.8, 4) is 17.6 Å². The van der Waals surface area contributed by atoms with E-state index in [9.17, 15) is 32.6 Å². The van der Waals surface area contributed by atoms with Crippen LogP contribution in [0.4, 0.5) is 17.6 Å². The van der Waals surface area contributed by atoms with E-state index in [4.69, 9.17) is 4.74 Å². The fraction of sp³-hybridized carbons (Fsp3) is 0.357. The fourth-order valence-corrected chi connectivity index (χ4v) is 4.88. The van der Waals surface area contributed by atoms with E-state index in [0.29, 0.717) is 42.1 Å². The molecule has 2 heterocycles. The standard InChI is InChI=1S/C28H26F4N2O4/c1-38-19-5-6-24-20(13-19)26(23(31)14-33-24)25(35)7-4-16-8-10-34(15-21(16)28(36)37)9-2-3-17-11-18(29)12-22(30)27(17)32/h5-6,11-14,16,21,25,35H,4,7-10,15H2,1H3,(H,36,37)/t16-,21+,25-/m0/s1. The van der Waals surface area contributed by atoms with Gasteiger partial charge < -0.3 is 14.9 Å². The second-order valence-electron chi connectivity index (χ2n) is 9.28. The highest BCUT2D eigenvalue weighted by atomic mass is 19.2. The zero-order chi connectivity index (χ0) is 27.4. The number of nitrogens with zero attached hydrogens (tertiary/aromatic N) is 2. The number of benzene rings is 2. The van der Waals surface area contributed by atoms with Crippen LogP contribution in [-0.2, 0) is 4.79 Å². The maximum absolute atomic E-state index is 14.7. The lowest BCUT2D eigenvalue weighted by atomic mass is 9.81. The van der Waals surface area contributed by atoms with E-state index in [0.717, 1.165) is 12.3 Å². The third-order valence-corrected chi connectivity index (χ3v) is 6.89. The Hall–Kier alpha value is -3.68. The number of aliphatic hydroxyl groups excluding tert-OH is 1. The lowest BCUT2D eigenvalue weighted by Gasteiger charge is -2.36. The Morgan fingerprint density at radius 2 is 2.00 bits per heavy atom. The van der Waals surface area contributed by atoms with Crippen LogP contribution in [0.1, 0.15) is 36.5 Å². The molecule has 0 bridgehead atoms. The quantitative estimate of drug-likeness (QED) is 0.262. The molecule has 2 N–H and O–H groups in total. The van der Waals surface area contributed by atoms with Crippen LogP contribution in [0.15, 0.2) is 36.5 Å². The highest BCUT2D eigenvalue weighted by molar-refractivity contribution is 5.84. The average Bonchev–Trinajstić information content (AvgIpc) is 2.89. The summed E-state index contributed by atoms with van der Waals surface area (Å²) in [7, 11) is 1.48. The Morgan fingerprint density at radius 3 is 2.74 bits per heavy atom. The number of carbonyl (C=O) groups is 1. The first-order valence-electron chi connectivity index (χ1n) is 12.1. The number of likely N-dealkylation sites (tertiary alicyclic amines) is 1. The van der Waals surface area contributed by atoms with Crippen LogP contribution in [0.25, 0.3) is 10.9 Å². The van der Waals surface area contributed by atoms with Crippen molar-refractivity contribution in [2.45, 2.75) is 25.4 Å². The Balaban J connectivity index is 1.42. The minimum atomic E-state index is -1.33. The molecule has 6 nitrogen and oxygen atoms in total. The average molecular weight is 531 g/mol. The van der Waals surface area contributed by atoms with Gasteiger partial charge in [-0.25, -0.2) is 17.6 Å². The lowest BCUT2D eigenvalue weighted by Crippen LogP contribution is -2.44. The predicted molar refractivity (Wildman–Crippen MR) is 131 cm³/mol. The molecule has 3 atom stereocenters. The molecule has 38 heavy (non-hydrogen) atoms. The van der Waals surface area contributed by atoms with Crippen LogP contribution < -0.4 is 4.74 Å². The Bertz CT molecular complexity index is 1410. The molecule has 0 radical (unpaired) electrons. The summed E-state index contributed by atoms with van der Waals surface area (Å²) < 4.78 is 60.4. The van der Waals surface area contributed by atoms with Crippen LogP contribution in [0, 0.1) is 46.9 Å². The van der Waals surface area contributed by atoms with Crippen molar-refractivity contribution in [3.05, 3.63) is 70.9 Å². The van der Waals surface area contributed by atoms with Crippen LogP contribution in [0.2, 0.25) is 0 Å². The van der Waals surface area contributed by atoms with Crippen molar-refractivity contribution < 1.29 is 37.3 Å². The molecule has 1 aliphatic heterocycles. The summed E-state index contributed by atoms with van der Waals surface area (Å²) in [6, 6.07) is 6.19. The number of carboxylic acid groups (broad SMARTS) is 1. The summed E-state index contributed by atoms with van der Waals surface area (Å²) in [6.45, 7) is 0.740. The predicted octanol–water partition coefficient (Wildman–Crippen LogP) is 4.69. The number of fused-ring (bicyclic) bond motifs is 1. The summed E-state index contributed by atoms with van der Waals surface area (Å²) >= 11 is 0. The first kappa shape index (κ1) is 27.4. The van der Waals surface area contributed by atoms with Crippen LogP contribution in [0.5, 0.6) is 5.75 Å². The summed E-state index contributed by atoms with van der Waals surface area (Å²) in [5.41, 5.74) is 0.184. The number of methoxy groups -OCH3 is 1. The summed E-state index contributed by atoms with van der Waals surface area (Å²) in [5, 5.41) is 21.1. The largest absolute Gasteiger partial charge is 0.497 e. The third kappa shape index (κ3) is 6.06. The molecule has 0 aliphatic carbocycles. The molecule has 0 unspecified atom stereocenters. The van der Waals surface area contributed by atoms with Crippen molar-refractivity contribution in [2.24, 2.45) is 11.8 Å². The monoisotopic (exact) mass is 530 g/mol. The van der Waals surface area contributed by atoms with Crippen molar-refractivity contribution in [1.82, 2.24) is 9.88 Å². The molecule has 0 spiro atoms. The van der Waals surface area contributed by atoms with E-state index >= 15 is 0 Å². The zero-order valence-electron chi connectivity index (χ0n) is 20.6. The normalized spacial score (nSPS) is 18.6. The van der Waals surface area contributed by atoms with Gasteiger partial charge in [0, 0.05) is 23.6 Å². The fourth-order valence-electron chi connectivity index (χ4n) is 4.88. The minimum Gasteiger partial charge on any atom is -0.497 e. The van der Waals surface area contributed by atoms with Gasteiger partial charge in [0.2, 0.25) is 0 Å². The van der Waals surface area contributed by atoms with Gasteiger partial charge in [-0.15, -0.1) is 0 Å². The number of halogens is 4. The number of aromatic nitrogens is 1. The second-order valence-corrected chi connectivity index (χ2v) is 9.28. The molecule has 0 saturated carbocycles. The van der Waals surface area contributed by atoms with E-state index in [1.54, 1.807) is 23.1 Å². The van der Waals surface area contributed by atoms with Crippen LogP contribution in [-0.4, -0.2) is 52.8 Å². The van der Waals surface area contributed by atoms with Gasteiger partial charge in [0.15, 0.2) is 11.6 Å². The molecule has 10 heteroatoms. The van der Waals surface area contributed by atoms with Gasteiger partial charge in [0.05, 0.1) is 43.0 Å². The molecule has 0 amide bonds. The second kappa shape index (κ2) is 11.8. The van der Waals surface area contributed by atoms with Crippen molar-refractivity contribution in [2.75, 3.05) is 26.7 Å². The molecule has 1 saturated heterocycles. The lowest BCUT2D eigenvalue weighted by molar-refractivity contribution is -0.146. The van der Waals surface area contributed by atoms with Gasteiger partial charge in [-0.1, -0.05) is 11.8 Å². The van der Waals surface area contributed by atoms with Crippen LogP contribution in [0.3, 0.4) is 0 Å². The number of hydrogen-bond donors (Lipinski definition) is 2. The van der Waals surface area contributed by atoms with Gasteiger partial charge in [0.25, 0.3) is 0 Å². The molecule has 200 valence electrons. The summed E-state index contributed by atoms with van der Waals surface area (Å²) in [6.07, 6.45) is 0.857. The van der Waals surface area contributed by atoms with E-state index < -0.39 is 46.8 Å². The van der Waals surface area contributed by atoms with Gasteiger partial charge in [-0.05, 0) is 56.0 Å². The molecule has 1 aliphatic rings. The summed E-state index contributed by atoms with van der Waals surface area (Å²) in [5.74, 6) is -0.660. The number of carboxylic acids is 1. The number of piperidine rings is 1. The van der Waals surface area contributed by atoms with Crippen molar-refractivity contribution in [3.63, 3.8) is 0 Å². The highest BCUT2D eigenvalue weighted by Crippen LogP contribution is 2.35. The molecule has 4 rings (SSSR count). The van der Waals surface area contributed by atoms with E-state index in [1.807, 2.05) is 0 Å². The number of aliphatic hydroxyl groups is 1. The number of aliphatic carboxylic acids is 1. The molecule has 1 aromatic heterocycles. The zero-order valence-corrected chi connectivity index (χ0v) is 20.6. The molecular formula is C28H26F4N2O4. The van der Waals surface area contributed by atoms with Crippen LogP contribution >= 0.6 is 0 Å². The Morgan fingerprint density at radius 1 is 1.21 bits per heavy atom. The highest BCUT2D eigenvalue weighted by Gasteiger charge is 2.34. The first-order valence-corrected chi connectivity index (χ1v) is 12.1.